The Labute approximate surface area is 208 Å². The Morgan fingerprint density at radius 1 is 1.21 bits per heavy atom. The van der Waals surface area contributed by atoms with E-state index in [-0.39, 0.29) is 31.0 Å². The van der Waals surface area contributed by atoms with E-state index in [1.807, 2.05) is 31.2 Å². The molecule has 2 aromatic rings. The molecular weight excluding hydrogens is 508 g/mol. The molecule has 0 unspecified atom stereocenters. The number of amides is 2. The monoisotopic (exact) mass is 536 g/mol. The highest BCUT2D eigenvalue weighted by Gasteiger charge is 2.31. The summed E-state index contributed by atoms with van der Waals surface area (Å²) in [5.41, 5.74) is 0.872. The van der Waals surface area contributed by atoms with Gasteiger partial charge in [0.25, 0.3) is 5.91 Å². The molecule has 2 amide bonds. The van der Waals surface area contributed by atoms with E-state index in [1.165, 1.54) is 0 Å². The second kappa shape index (κ2) is 12.3. The largest absolute Gasteiger partial charge is 0.497 e. The summed E-state index contributed by atoms with van der Waals surface area (Å²) in [6, 6.07) is 12.3. The van der Waals surface area contributed by atoms with E-state index in [9.17, 15) is 9.59 Å². The lowest BCUT2D eigenvalue weighted by Crippen LogP contribution is -2.52. The number of halogens is 2. The minimum Gasteiger partial charge on any atom is -0.497 e. The van der Waals surface area contributed by atoms with Crippen molar-refractivity contribution in [3.63, 3.8) is 0 Å². The Morgan fingerprint density at radius 2 is 1.97 bits per heavy atom. The first-order chi connectivity index (χ1) is 15.9. The van der Waals surface area contributed by atoms with Gasteiger partial charge >= 0.3 is 0 Å². The van der Waals surface area contributed by atoms with E-state index in [1.54, 1.807) is 30.2 Å². The van der Waals surface area contributed by atoms with Crippen LogP contribution in [0.1, 0.15) is 44.6 Å². The van der Waals surface area contributed by atoms with Gasteiger partial charge in [0.15, 0.2) is 6.61 Å². The van der Waals surface area contributed by atoms with E-state index in [4.69, 9.17) is 21.1 Å². The van der Waals surface area contributed by atoms with Crippen LogP contribution in [-0.2, 0) is 16.1 Å². The Balaban J connectivity index is 1.79. The molecule has 0 bridgehead atoms. The van der Waals surface area contributed by atoms with Crippen LogP contribution in [0.5, 0.6) is 11.5 Å². The van der Waals surface area contributed by atoms with E-state index in [0.717, 1.165) is 35.7 Å². The first kappa shape index (κ1) is 25.4. The van der Waals surface area contributed by atoms with Crippen LogP contribution in [-0.4, -0.2) is 42.5 Å². The van der Waals surface area contributed by atoms with Crippen LogP contribution in [0.25, 0.3) is 0 Å². The Hall–Kier alpha value is -2.25. The van der Waals surface area contributed by atoms with Crippen LogP contribution in [0.4, 0.5) is 0 Å². The van der Waals surface area contributed by atoms with Crippen LogP contribution in [0, 0.1) is 0 Å². The molecule has 1 aliphatic rings. The molecule has 1 N–H and O–H groups in total. The molecule has 1 atom stereocenters. The quantitative estimate of drug-likeness (QED) is 0.443. The van der Waals surface area contributed by atoms with Crippen LogP contribution < -0.4 is 14.8 Å². The van der Waals surface area contributed by atoms with Crippen molar-refractivity contribution < 1.29 is 19.1 Å². The molecular formula is C25H30BrClN2O4. The maximum atomic E-state index is 13.3. The van der Waals surface area contributed by atoms with Gasteiger partial charge in [0.05, 0.1) is 12.1 Å². The summed E-state index contributed by atoms with van der Waals surface area (Å²) < 4.78 is 11.9. The molecule has 0 saturated heterocycles. The van der Waals surface area contributed by atoms with Crippen LogP contribution in [0.15, 0.2) is 46.9 Å². The van der Waals surface area contributed by atoms with Crippen molar-refractivity contribution in [2.75, 3.05) is 13.7 Å². The number of nitrogens with zero attached hydrogens (tertiary/aromatic N) is 1. The maximum absolute atomic E-state index is 13.3. The third kappa shape index (κ3) is 7.11. The molecule has 33 heavy (non-hydrogen) atoms. The maximum Gasteiger partial charge on any atom is 0.261 e. The third-order valence-corrected chi connectivity index (χ3v) is 6.61. The molecule has 0 aliphatic heterocycles. The van der Waals surface area contributed by atoms with Crippen LogP contribution in [0.3, 0.4) is 0 Å². The Morgan fingerprint density at radius 3 is 2.64 bits per heavy atom. The molecule has 1 fully saturated rings. The highest BCUT2D eigenvalue weighted by Crippen LogP contribution is 2.28. The van der Waals surface area contributed by atoms with Gasteiger partial charge in [-0.1, -0.05) is 59.4 Å². The highest BCUT2D eigenvalue weighted by molar-refractivity contribution is 9.10. The number of rotatable bonds is 10. The zero-order valence-corrected chi connectivity index (χ0v) is 21.3. The first-order valence-corrected chi connectivity index (χ1v) is 12.4. The fourth-order valence-electron chi connectivity index (χ4n) is 4.07. The molecule has 0 radical (unpaired) electrons. The smallest absolute Gasteiger partial charge is 0.261 e. The molecule has 178 valence electrons. The fraction of sp³-hybridized carbons (Fsp3) is 0.440. The van der Waals surface area contributed by atoms with Gasteiger partial charge in [0.2, 0.25) is 5.91 Å². The molecule has 0 spiro atoms. The van der Waals surface area contributed by atoms with Gasteiger partial charge in [0.1, 0.15) is 17.5 Å². The van der Waals surface area contributed by atoms with Crippen LogP contribution >= 0.6 is 27.5 Å². The second-order valence-electron chi connectivity index (χ2n) is 8.15. The lowest BCUT2D eigenvalue weighted by atomic mass is 10.1. The van der Waals surface area contributed by atoms with Gasteiger partial charge in [-0.05, 0) is 55.2 Å². The lowest BCUT2D eigenvalue weighted by molar-refractivity contribution is -0.143. The SMILES string of the molecule is CC[C@@H](C(=O)NC1CCCC1)N(Cc1cccc(OC)c1)C(=O)COc1ccc(Br)cc1Cl. The van der Waals surface area contributed by atoms with Crippen molar-refractivity contribution in [3.8, 4) is 11.5 Å². The molecule has 1 saturated carbocycles. The van der Waals surface area contributed by atoms with Crippen molar-refractivity contribution in [1.29, 1.82) is 0 Å². The predicted molar refractivity (Wildman–Crippen MR) is 133 cm³/mol. The number of carbonyl (C=O) groups is 2. The summed E-state index contributed by atoms with van der Waals surface area (Å²) in [6.07, 6.45) is 4.70. The normalized spacial score (nSPS) is 14.5. The average molecular weight is 538 g/mol. The molecule has 3 rings (SSSR count). The van der Waals surface area contributed by atoms with E-state index < -0.39 is 6.04 Å². The third-order valence-electron chi connectivity index (χ3n) is 5.82. The van der Waals surface area contributed by atoms with Crippen molar-refractivity contribution in [2.45, 2.75) is 57.7 Å². The van der Waals surface area contributed by atoms with Crippen molar-refractivity contribution >= 4 is 39.3 Å². The molecule has 0 heterocycles. The topological polar surface area (TPSA) is 67.9 Å². The standard InChI is InChI=1S/C25H30BrClN2O4/c1-3-22(25(31)28-19-8-4-5-9-19)29(15-17-7-6-10-20(13-17)32-2)24(30)16-33-23-12-11-18(26)14-21(23)27/h6-7,10-14,19,22H,3-5,8-9,15-16H2,1-2H3,(H,28,31)/t22-/m0/s1. The summed E-state index contributed by atoms with van der Waals surface area (Å²) >= 11 is 9.59. The average Bonchev–Trinajstić information content (AvgIpc) is 3.31. The van der Waals surface area contributed by atoms with Gasteiger partial charge in [-0.3, -0.25) is 9.59 Å². The molecule has 6 nitrogen and oxygen atoms in total. The number of ether oxygens (including phenoxy) is 2. The first-order valence-electron chi connectivity index (χ1n) is 11.2. The van der Waals surface area contributed by atoms with Gasteiger partial charge in [0, 0.05) is 17.1 Å². The van der Waals surface area contributed by atoms with Gasteiger partial charge in [-0.25, -0.2) is 0 Å². The number of hydrogen-bond acceptors (Lipinski definition) is 4. The van der Waals surface area contributed by atoms with Gasteiger partial charge < -0.3 is 19.7 Å². The van der Waals surface area contributed by atoms with Gasteiger partial charge in [-0.2, -0.15) is 0 Å². The lowest BCUT2D eigenvalue weighted by Gasteiger charge is -2.31. The zero-order chi connectivity index (χ0) is 23.8. The van der Waals surface area contributed by atoms with Gasteiger partial charge in [-0.15, -0.1) is 0 Å². The predicted octanol–water partition coefficient (Wildman–Crippen LogP) is 5.36. The van der Waals surface area contributed by atoms with Crippen LogP contribution in [0.2, 0.25) is 5.02 Å². The molecule has 8 heteroatoms. The van der Waals surface area contributed by atoms with Crippen molar-refractivity contribution in [3.05, 3.63) is 57.5 Å². The van der Waals surface area contributed by atoms with Crippen molar-refractivity contribution in [2.24, 2.45) is 0 Å². The number of methoxy groups -OCH3 is 1. The summed E-state index contributed by atoms with van der Waals surface area (Å²) in [5, 5.41) is 3.54. The minimum absolute atomic E-state index is 0.123. The number of benzene rings is 2. The molecule has 1 aliphatic carbocycles. The highest BCUT2D eigenvalue weighted by atomic mass is 79.9. The molecule has 2 aromatic carbocycles. The minimum atomic E-state index is -0.603. The summed E-state index contributed by atoms with van der Waals surface area (Å²) in [4.78, 5) is 28.1. The summed E-state index contributed by atoms with van der Waals surface area (Å²) in [6.45, 7) is 1.96. The van der Waals surface area contributed by atoms with E-state index >= 15 is 0 Å². The number of hydrogen-bond donors (Lipinski definition) is 1. The van der Waals surface area contributed by atoms with E-state index in [0.29, 0.717) is 22.9 Å². The van der Waals surface area contributed by atoms with Crippen molar-refractivity contribution in [1.82, 2.24) is 10.2 Å². The number of nitrogens with one attached hydrogen (secondary N) is 1. The zero-order valence-electron chi connectivity index (χ0n) is 19.0. The Kier molecular flexibility index (Phi) is 9.44. The number of carbonyl (C=O) groups excluding carboxylic acids is 2. The van der Waals surface area contributed by atoms with E-state index in [2.05, 4.69) is 21.2 Å². The summed E-state index contributed by atoms with van der Waals surface area (Å²) in [5.74, 6) is 0.701. The summed E-state index contributed by atoms with van der Waals surface area (Å²) in [7, 11) is 1.60. The second-order valence-corrected chi connectivity index (χ2v) is 9.47. The Bertz CT molecular complexity index is 965. The molecule has 0 aromatic heterocycles. The fourth-order valence-corrected chi connectivity index (χ4v) is 4.80.